The van der Waals surface area contributed by atoms with Crippen molar-refractivity contribution in [1.29, 1.82) is 0 Å². The second-order valence-corrected chi connectivity index (χ2v) is 8.98. The molecule has 5 nitrogen and oxygen atoms in total. The number of hydrogen-bond donors (Lipinski definition) is 3. The van der Waals surface area contributed by atoms with E-state index in [4.69, 9.17) is 11.5 Å². The SMILES string of the molecule is CC(C)C(=O)NC1CCc2c(c3cc(/C(N)=C/C=C\N)ccc3n2Cc2cccc(F)c2)C1. The first kappa shape index (κ1) is 22.6. The molecule has 5 N–H and O–H groups in total. The van der Waals surface area contributed by atoms with Crippen molar-refractivity contribution >= 4 is 22.5 Å². The predicted molar refractivity (Wildman–Crippen MR) is 132 cm³/mol. The van der Waals surface area contributed by atoms with E-state index >= 15 is 0 Å². The Morgan fingerprint density at radius 1 is 1.27 bits per heavy atom. The van der Waals surface area contributed by atoms with Crippen LogP contribution in [0.3, 0.4) is 0 Å². The number of nitrogens with two attached hydrogens (primary N) is 2. The van der Waals surface area contributed by atoms with Gasteiger partial charge in [0.05, 0.1) is 0 Å². The van der Waals surface area contributed by atoms with Crippen molar-refractivity contribution in [3.63, 3.8) is 0 Å². The van der Waals surface area contributed by atoms with Gasteiger partial charge in [-0.05, 0) is 78.6 Å². The molecule has 6 heteroatoms. The van der Waals surface area contributed by atoms with Crippen LogP contribution in [0.25, 0.3) is 16.6 Å². The average Bonchev–Trinajstić information content (AvgIpc) is 3.09. The van der Waals surface area contributed by atoms with Crippen molar-refractivity contribution in [1.82, 2.24) is 9.88 Å². The lowest BCUT2D eigenvalue weighted by molar-refractivity contribution is -0.124. The molecule has 0 radical (unpaired) electrons. The van der Waals surface area contributed by atoms with Crippen molar-refractivity contribution in [2.24, 2.45) is 17.4 Å². The van der Waals surface area contributed by atoms with Crippen molar-refractivity contribution in [2.75, 3.05) is 0 Å². The molecule has 1 aliphatic rings. The Morgan fingerprint density at radius 2 is 2.09 bits per heavy atom. The number of allylic oxidation sites excluding steroid dienone is 2. The predicted octanol–water partition coefficient (Wildman–Crippen LogP) is 4.23. The molecule has 0 saturated carbocycles. The molecule has 1 unspecified atom stereocenters. The zero-order valence-corrected chi connectivity index (χ0v) is 19.1. The van der Waals surface area contributed by atoms with E-state index in [1.165, 1.54) is 23.5 Å². The lowest BCUT2D eigenvalue weighted by Crippen LogP contribution is -2.41. The summed E-state index contributed by atoms with van der Waals surface area (Å²) >= 11 is 0. The van der Waals surface area contributed by atoms with Crippen LogP contribution in [0.5, 0.6) is 0 Å². The van der Waals surface area contributed by atoms with E-state index in [1.54, 1.807) is 24.3 Å². The van der Waals surface area contributed by atoms with E-state index in [-0.39, 0.29) is 23.7 Å². The van der Waals surface area contributed by atoms with Crippen LogP contribution < -0.4 is 16.8 Å². The molecule has 0 aliphatic heterocycles. The smallest absolute Gasteiger partial charge is 0.222 e. The summed E-state index contributed by atoms with van der Waals surface area (Å²) < 4.78 is 16.1. The minimum atomic E-state index is -0.234. The summed E-state index contributed by atoms with van der Waals surface area (Å²) in [5.74, 6) is -0.205. The number of aromatic nitrogens is 1. The minimum absolute atomic E-state index is 0.0483. The topological polar surface area (TPSA) is 86.1 Å². The second kappa shape index (κ2) is 9.53. The fourth-order valence-electron chi connectivity index (χ4n) is 4.57. The molecule has 172 valence electrons. The van der Waals surface area contributed by atoms with Crippen molar-refractivity contribution in [3.8, 4) is 0 Å². The van der Waals surface area contributed by atoms with Gasteiger partial charge in [-0.3, -0.25) is 4.79 Å². The third-order valence-electron chi connectivity index (χ3n) is 6.29. The van der Waals surface area contributed by atoms with Gasteiger partial charge in [-0.25, -0.2) is 4.39 Å². The number of rotatable bonds is 6. The quantitative estimate of drug-likeness (QED) is 0.495. The monoisotopic (exact) mass is 446 g/mol. The van der Waals surface area contributed by atoms with Gasteiger partial charge in [0.2, 0.25) is 5.91 Å². The average molecular weight is 447 g/mol. The molecule has 1 amide bonds. The van der Waals surface area contributed by atoms with Crippen LogP contribution in [0.1, 0.15) is 42.7 Å². The fourth-order valence-corrected chi connectivity index (χ4v) is 4.57. The van der Waals surface area contributed by atoms with Crippen LogP contribution >= 0.6 is 0 Å². The van der Waals surface area contributed by atoms with Gasteiger partial charge in [-0.15, -0.1) is 0 Å². The molecule has 0 spiro atoms. The first-order valence-electron chi connectivity index (χ1n) is 11.4. The Balaban J connectivity index is 1.79. The van der Waals surface area contributed by atoms with E-state index in [9.17, 15) is 9.18 Å². The summed E-state index contributed by atoms with van der Waals surface area (Å²) in [7, 11) is 0. The molecule has 4 rings (SSSR count). The van der Waals surface area contributed by atoms with Gasteiger partial charge in [-0.2, -0.15) is 0 Å². The Hall–Kier alpha value is -3.54. The normalized spacial score (nSPS) is 16.5. The highest BCUT2D eigenvalue weighted by molar-refractivity contribution is 5.89. The number of nitrogens with one attached hydrogen (secondary N) is 1. The maximum atomic E-state index is 13.8. The van der Waals surface area contributed by atoms with Gasteiger partial charge in [0.25, 0.3) is 0 Å². The molecule has 33 heavy (non-hydrogen) atoms. The Bertz CT molecular complexity index is 1240. The molecule has 1 heterocycles. The van der Waals surface area contributed by atoms with Crippen LogP contribution in [0.2, 0.25) is 0 Å². The maximum absolute atomic E-state index is 13.8. The minimum Gasteiger partial charge on any atom is -0.405 e. The van der Waals surface area contributed by atoms with E-state index in [0.29, 0.717) is 12.2 Å². The van der Waals surface area contributed by atoms with Crippen molar-refractivity contribution in [2.45, 2.75) is 45.7 Å². The molecular formula is C27H31FN4O. The molecule has 1 aromatic heterocycles. The number of benzene rings is 2. The highest BCUT2D eigenvalue weighted by Crippen LogP contribution is 2.34. The first-order chi connectivity index (χ1) is 15.9. The summed E-state index contributed by atoms with van der Waals surface area (Å²) in [5.41, 5.74) is 17.7. The third-order valence-corrected chi connectivity index (χ3v) is 6.29. The van der Waals surface area contributed by atoms with E-state index in [0.717, 1.165) is 41.3 Å². The molecule has 1 aliphatic carbocycles. The Morgan fingerprint density at radius 3 is 2.82 bits per heavy atom. The van der Waals surface area contributed by atoms with Gasteiger partial charge in [0, 0.05) is 40.8 Å². The number of amides is 1. The number of halogens is 1. The number of nitrogens with zero attached hydrogens (tertiary/aromatic N) is 1. The highest BCUT2D eigenvalue weighted by atomic mass is 19.1. The van der Waals surface area contributed by atoms with Gasteiger partial charge in [0.1, 0.15) is 5.82 Å². The number of fused-ring (bicyclic) bond motifs is 3. The van der Waals surface area contributed by atoms with Crippen LogP contribution in [-0.4, -0.2) is 16.5 Å². The van der Waals surface area contributed by atoms with E-state index < -0.39 is 0 Å². The summed E-state index contributed by atoms with van der Waals surface area (Å²) in [6, 6.07) is 13.0. The molecule has 0 saturated heterocycles. The van der Waals surface area contributed by atoms with Gasteiger partial charge < -0.3 is 21.4 Å². The zero-order valence-electron chi connectivity index (χ0n) is 19.1. The summed E-state index contributed by atoms with van der Waals surface area (Å²) in [5, 5.41) is 4.32. The van der Waals surface area contributed by atoms with E-state index in [1.807, 2.05) is 26.0 Å². The van der Waals surface area contributed by atoms with Crippen molar-refractivity contribution < 1.29 is 9.18 Å². The zero-order chi connectivity index (χ0) is 23.5. The van der Waals surface area contributed by atoms with Crippen LogP contribution in [-0.2, 0) is 24.2 Å². The first-order valence-corrected chi connectivity index (χ1v) is 11.4. The third kappa shape index (κ3) is 4.80. The second-order valence-electron chi connectivity index (χ2n) is 8.98. The molecule has 0 fully saturated rings. The van der Waals surface area contributed by atoms with Crippen LogP contribution in [0, 0.1) is 11.7 Å². The Kier molecular flexibility index (Phi) is 6.54. The van der Waals surface area contributed by atoms with Crippen LogP contribution in [0.4, 0.5) is 4.39 Å². The number of carbonyl (C=O) groups is 1. The Labute approximate surface area is 194 Å². The fraction of sp³-hybridized carbons (Fsp3) is 0.296. The van der Waals surface area contributed by atoms with Gasteiger partial charge in [0.15, 0.2) is 0 Å². The maximum Gasteiger partial charge on any atom is 0.222 e. The molecule has 0 bridgehead atoms. The molecule has 2 aromatic carbocycles. The standard InChI is InChI=1S/C27H31FN4O/c1-17(2)27(33)31-21-9-11-26-23(15-21)22-14-19(24(30)7-4-12-29)8-10-25(22)32(26)16-18-5-3-6-20(28)13-18/h3-8,10,12-14,17,21H,9,11,15-16,29-30H2,1-2H3,(H,31,33)/b12-4-,24-7-. The lowest BCUT2D eigenvalue weighted by atomic mass is 9.90. The lowest BCUT2D eigenvalue weighted by Gasteiger charge is -2.26. The molecule has 1 atom stereocenters. The van der Waals surface area contributed by atoms with E-state index in [2.05, 4.69) is 22.0 Å². The largest absolute Gasteiger partial charge is 0.405 e. The van der Waals surface area contributed by atoms with Crippen LogP contribution in [0.15, 0.2) is 60.8 Å². The summed E-state index contributed by atoms with van der Waals surface area (Å²) in [4.78, 5) is 12.3. The molecule has 3 aromatic rings. The van der Waals surface area contributed by atoms with Gasteiger partial charge in [-0.1, -0.05) is 32.0 Å². The summed E-state index contributed by atoms with van der Waals surface area (Å²) in [6.45, 7) is 4.41. The van der Waals surface area contributed by atoms with Gasteiger partial charge >= 0.3 is 0 Å². The number of hydrogen-bond acceptors (Lipinski definition) is 3. The summed E-state index contributed by atoms with van der Waals surface area (Å²) in [6.07, 6.45) is 7.42. The van der Waals surface area contributed by atoms with Crippen molar-refractivity contribution in [3.05, 3.63) is 89.0 Å². The molecular weight excluding hydrogens is 415 g/mol. The number of carbonyl (C=O) groups excluding carboxylic acids is 1. The highest BCUT2D eigenvalue weighted by Gasteiger charge is 2.27.